The van der Waals surface area contributed by atoms with E-state index in [0.29, 0.717) is 23.5 Å². The highest BCUT2D eigenvalue weighted by Crippen LogP contribution is 2.38. The van der Waals surface area contributed by atoms with Gasteiger partial charge in [0.1, 0.15) is 11.5 Å². The van der Waals surface area contributed by atoms with Gasteiger partial charge in [0.2, 0.25) is 5.91 Å². The Morgan fingerprint density at radius 1 is 1.22 bits per heavy atom. The number of hydrogen-bond acceptors (Lipinski definition) is 5. The third-order valence-corrected chi connectivity index (χ3v) is 5.77. The van der Waals surface area contributed by atoms with Crippen molar-refractivity contribution in [3.05, 3.63) is 53.6 Å². The van der Waals surface area contributed by atoms with Crippen LogP contribution in [0.2, 0.25) is 0 Å². The van der Waals surface area contributed by atoms with E-state index in [0.717, 1.165) is 10.5 Å². The molecule has 7 heteroatoms. The molecule has 0 bridgehead atoms. The number of rotatable bonds is 7. The molecule has 0 radical (unpaired) electrons. The van der Waals surface area contributed by atoms with Crippen molar-refractivity contribution in [2.45, 2.75) is 29.0 Å². The van der Waals surface area contributed by atoms with E-state index in [1.54, 1.807) is 25.3 Å². The van der Waals surface area contributed by atoms with E-state index < -0.39 is 12.0 Å². The lowest BCUT2D eigenvalue weighted by atomic mass is 10.0. The molecule has 0 saturated carbocycles. The summed E-state index contributed by atoms with van der Waals surface area (Å²) >= 11 is 1.51. The Morgan fingerprint density at radius 2 is 2.00 bits per heavy atom. The minimum absolute atomic E-state index is 0.180. The monoisotopic (exact) mass is 387 g/mol. The summed E-state index contributed by atoms with van der Waals surface area (Å²) in [6.45, 7) is 0. The van der Waals surface area contributed by atoms with Gasteiger partial charge in [-0.2, -0.15) is 0 Å². The number of carboxylic acid groups (broad SMARTS) is 1. The minimum atomic E-state index is -1.000. The Kier molecular flexibility index (Phi) is 5.91. The summed E-state index contributed by atoms with van der Waals surface area (Å²) < 4.78 is 10.6. The number of carbonyl (C=O) groups excluding carboxylic acids is 1. The van der Waals surface area contributed by atoms with Crippen LogP contribution in [-0.2, 0) is 16.0 Å². The third kappa shape index (κ3) is 4.36. The van der Waals surface area contributed by atoms with E-state index in [4.69, 9.17) is 9.47 Å². The number of aliphatic carboxylic acids is 1. The van der Waals surface area contributed by atoms with Crippen LogP contribution in [0.15, 0.2) is 47.4 Å². The number of thioether (sulfide) groups is 1. The molecule has 1 aliphatic heterocycles. The van der Waals surface area contributed by atoms with E-state index in [2.05, 4.69) is 5.32 Å². The Labute approximate surface area is 161 Å². The number of amides is 1. The summed E-state index contributed by atoms with van der Waals surface area (Å²) in [6.07, 6.45) is 0.394. The molecule has 1 aliphatic rings. The second kappa shape index (κ2) is 8.35. The number of nitrogens with one attached hydrogen (secondary N) is 1. The van der Waals surface area contributed by atoms with Crippen LogP contribution < -0.4 is 14.8 Å². The van der Waals surface area contributed by atoms with Gasteiger partial charge in [-0.1, -0.05) is 18.2 Å². The van der Waals surface area contributed by atoms with Crippen molar-refractivity contribution in [1.29, 1.82) is 0 Å². The molecule has 0 aromatic heterocycles. The molecule has 2 unspecified atom stereocenters. The van der Waals surface area contributed by atoms with E-state index >= 15 is 0 Å². The van der Waals surface area contributed by atoms with Gasteiger partial charge < -0.3 is 19.9 Å². The lowest BCUT2D eigenvalue weighted by molar-refractivity contribution is -0.137. The van der Waals surface area contributed by atoms with Crippen LogP contribution in [0, 0.1) is 0 Å². The van der Waals surface area contributed by atoms with Crippen molar-refractivity contribution in [3.8, 4) is 11.5 Å². The number of carbonyl (C=O) groups is 2. The summed E-state index contributed by atoms with van der Waals surface area (Å²) in [5.41, 5.74) is 1.74. The maximum Gasteiger partial charge on any atom is 0.305 e. The maximum atomic E-state index is 12.8. The zero-order chi connectivity index (χ0) is 19.4. The van der Waals surface area contributed by atoms with Crippen LogP contribution in [0.5, 0.6) is 11.5 Å². The Bertz CT molecular complexity index is 829. The highest BCUT2D eigenvalue weighted by atomic mass is 32.2. The maximum absolute atomic E-state index is 12.8. The van der Waals surface area contributed by atoms with Crippen molar-refractivity contribution < 1.29 is 24.2 Å². The molecule has 0 spiro atoms. The lowest BCUT2D eigenvalue weighted by Crippen LogP contribution is -2.36. The zero-order valence-electron chi connectivity index (χ0n) is 15.1. The van der Waals surface area contributed by atoms with Crippen LogP contribution in [0.4, 0.5) is 0 Å². The second-order valence-electron chi connectivity index (χ2n) is 6.19. The largest absolute Gasteiger partial charge is 0.497 e. The normalized spacial score (nSPS) is 16.3. The number of fused-ring (bicyclic) bond motifs is 1. The predicted octanol–water partition coefficient (Wildman–Crippen LogP) is 3.05. The molecule has 0 aliphatic carbocycles. The first-order valence-electron chi connectivity index (χ1n) is 8.50. The molecule has 1 heterocycles. The SMILES string of the molecule is COc1ccc(C(CC(=O)O)NC(=O)C2Cc3ccccc3S2)c(OC)c1. The van der Waals surface area contributed by atoms with Gasteiger partial charge in [0, 0.05) is 16.5 Å². The fourth-order valence-corrected chi connectivity index (χ4v) is 4.32. The molecule has 1 amide bonds. The molecule has 27 heavy (non-hydrogen) atoms. The molecule has 6 nitrogen and oxygen atoms in total. The van der Waals surface area contributed by atoms with E-state index in [1.807, 2.05) is 24.3 Å². The van der Waals surface area contributed by atoms with Crippen molar-refractivity contribution >= 4 is 23.6 Å². The fraction of sp³-hybridized carbons (Fsp3) is 0.300. The van der Waals surface area contributed by atoms with Gasteiger partial charge >= 0.3 is 5.97 Å². The Balaban J connectivity index is 1.80. The van der Waals surface area contributed by atoms with Crippen LogP contribution in [0.25, 0.3) is 0 Å². The molecule has 3 rings (SSSR count). The highest BCUT2D eigenvalue weighted by Gasteiger charge is 2.31. The molecule has 2 aromatic rings. The Morgan fingerprint density at radius 3 is 2.67 bits per heavy atom. The van der Waals surface area contributed by atoms with Gasteiger partial charge in [-0.25, -0.2) is 0 Å². The topological polar surface area (TPSA) is 84.9 Å². The van der Waals surface area contributed by atoms with Gasteiger partial charge in [0.25, 0.3) is 0 Å². The summed E-state index contributed by atoms with van der Waals surface area (Å²) in [6, 6.07) is 12.3. The van der Waals surface area contributed by atoms with Gasteiger partial charge in [0.05, 0.1) is 31.9 Å². The van der Waals surface area contributed by atoms with E-state index in [1.165, 1.54) is 18.9 Å². The molecule has 2 atom stereocenters. The number of carboxylic acids is 1. The number of methoxy groups -OCH3 is 2. The minimum Gasteiger partial charge on any atom is -0.497 e. The highest BCUT2D eigenvalue weighted by molar-refractivity contribution is 8.01. The molecule has 2 aromatic carbocycles. The second-order valence-corrected chi connectivity index (χ2v) is 7.43. The van der Waals surface area contributed by atoms with Crippen LogP contribution in [0.1, 0.15) is 23.6 Å². The standard InChI is InChI=1S/C20H21NO5S/c1-25-13-7-8-14(16(10-13)26-2)15(11-19(22)23)21-20(24)18-9-12-5-3-4-6-17(12)27-18/h3-8,10,15,18H,9,11H2,1-2H3,(H,21,24)(H,22,23). The zero-order valence-corrected chi connectivity index (χ0v) is 15.9. The summed E-state index contributed by atoms with van der Waals surface area (Å²) in [7, 11) is 3.04. The summed E-state index contributed by atoms with van der Waals surface area (Å²) in [5.74, 6) is -0.109. The lowest BCUT2D eigenvalue weighted by Gasteiger charge is -2.22. The van der Waals surface area contributed by atoms with Gasteiger partial charge in [-0.15, -0.1) is 11.8 Å². The predicted molar refractivity (Wildman–Crippen MR) is 102 cm³/mol. The third-order valence-electron chi connectivity index (χ3n) is 4.45. The fourth-order valence-electron chi connectivity index (χ4n) is 3.11. The van der Waals surface area contributed by atoms with Gasteiger partial charge in [-0.3, -0.25) is 9.59 Å². The average Bonchev–Trinajstić information content (AvgIpc) is 3.11. The summed E-state index contributed by atoms with van der Waals surface area (Å²) in [4.78, 5) is 25.3. The summed E-state index contributed by atoms with van der Waals surface area (Å²) in [5, 5.41) is 11.9. The average molecular weight is 387 g/mol. The first kappa shape index (κ1) is 19.1. The molecular formula is C20H21NO5S. The molecule has 0 fully saturated rings. The van der Waals surface area contributed by atoms with Crippen LogP contribution >= 0.6 is 11.8 Å². The van der Waals surface area contributed by atoms with E-state index in [9.17, 15) is 14.7 Å². The van der Waals surface area contributed by atoms with Crippen molar-refractivity contribution in [1.82, 2.24) is 5.32 Å². The quantitative estimate of drug-likeness (QED) is 0.760. The van der Waals surface area contributed by atoms with Gasteiger partial charge in [0.15, 0.2) is 0 Å². The van der Waals surface area contributed by atoms with Crippen LogP contribution in [-0.4, -0.2) is 36.5 Å². The number of benzene rings is 2. The Hall–Kier alpha value is -2.67. The van der Waals surface area contributed by atoms with Crippen molar-refractivity contribution in [2.75, 3.05) is 14.2 Å². The molecule has 0 saturated heterocycles. The number of hydrogen-bond donors (Lipinski definition) is 2. The first-order valence-corrected chi connectivity index (χ1v) is 9.38. The van der Waals surface area contributed by atoms with Crippen molar-refractivity contribution in [2.24, 2.45) is 0 Å². The first-order chi connectivity index (χ1) is 13.0. The van der Waals surface area contributed by atoms with Gasteiger partial charge in [-0.05, 0) is 30.2 Å². The molecule has 2 N–H and O–H groups in total. The van der Waals surface area contributed by atoms with Crippen LogP contribution in [0.3, 0.4) is 0 Å². The van der Waals surface area contributed by atoms with Crippen molar-refractivity contribution in [3.63, 3.8) is 0 Å². The van der Waals surface area contributed by atoms with E-state index in [-0.39, 0.29) is 17.6 Å². The molecule has 142 valence electrons. The number of ether oxygens (including phenoxy) is 2. The smallest absolute Gasteiger partial charge is 0.305 e. The molecular weight excluding hydrogens is 366 g/mol.